The number of hydrogen-bond donors (Lipinski definition) is 4. The molecule has 0 radical (unpaired) electrons. The summed E-state index contributed by atoms with van der Waals surface area (Å²) >= 11 is 0. The van der Waals surface area contributed by atoms with Crippen molar-refractivity contribution in [2.24, 2.45) is 10.9 Å². The molecule has 0 aliphatic rings. The molecule has 4 aromatic rings. The maximum Gasteiger partial charge on any atom is 0.255 e. The molecule has 0 bridgehead atoms. The first kappa shape index (κ1) is 22.9. The van der Waals surface area contributed by atoms with E-state index in [2.05, 4.69) is 5.32 Å². The van der Waals surface area contributed by atoms with E-state index in [1.54, 1.807) is 72.8 Å². The predicted molar refractivity (Wildman–Crippen MR) is 134 cm³/mol. The first-order chi connectivity index (χ1) is 16.2. The van der Waals surface area contributed by atoms with Gasteiger partial charge in [0, 0.05) is 22.4 Å². The Labute approximate surface area is 197 Å². The molecule has 0 fully saturated rings. The summed E-state index contributed by atoms with van der Waals surface area (Å²) in [6.45, 7) is 0. The number of amides is 1. The Kier molecular flexibility index (Phi) is 6.27. The predicted octanol–water partition coefficient (Wildman–Crippen LogP) is 4.20. The van der Waals surface area contributed by atoms with Crippen molar-refractivity contribution in [3.8, 4) is 22.3 Å². The van der Waals surface area contributed by atoms with E-state index >= 15 is 0 Å². The summed E-state index contributed by atoms with van der Waals surface area (Å²) in [4.78, 5) is 13.0. The molecule has 170 valence electrons. The largest absolute Gasteiger partial charge is 0.384 e. The van der Waals surface area contributed by atoms with Crippen LogP contribution in [0.25, 0.3) is 22.3 Å². The van der Waals surface area contributed by atoms with Gasteiger partial charge in [-0.25, -0.2) is 13.6 Å². The molecule has 8 heteroatoms. The summed E-state index contributed by atoms with van der Waals surface area (Å²) < 4.78 is 23.9. The molecule has 34 heavy (non-hydrogen) atoms. The summed E-state index contributed by atoms with van der Waals surface area (Å²) in [5, 5.41) is 15.9. The quantitative estimate of drug-likeness (QED) is 0.248. The van der Waals surface area contributed by atoms with Crippen molar-refractivity contribution < 1.29 is 13.2 Å². The molecular formula is C26H22N4O3S. The maximum atomic E-state index is 13.0. The van der Waals surface area contributed by atoms with Crippen molar-refractivity contribution in [1.29, 1.82) is 5.41 Å². The number of benzene rings is 4. The summed E-state index contributed by atoms with van der Waals surface area (Å²) in [6.07, 6.45) is 0. The van der Waals surface area contributed by atoms with Gasteiger partial charge in [0.15, 0.2) is 0 Å². The van der Waals surface area contributed by atoms with E-state index in [1.807, 2.05) is 18.2 Å². The van der Waals surface area contributed by atoms with Crippen LogP contribution in [0.1, 0.15) is 15.9 Å². The summed E-state index contributed by atoms with van der Waals surface area (Å²) in [7, 11) is -3.91. The molecule has 0 aliphatic carbocycles. The molecule has 0 heterocycles. The van der Waals surface area contributed by atoms with Crippen LogP contribution in [-0.2, 0) is 10.0 Å². The summed E-state index contributed by atoms with van der Waals surface area (Å²) in [5.74, 6) is -0.346. The van der Waals surface area contributed by atoms with E-state index in [-0.39, 0.29) is 16.6 Å². The molecule has 6 N–H and O–H groups in total. The molecule has 0 aromatic heterocycles. The van der Waals surface area contributed by atoms with Gasteiger partial charge >= 0.3 is 0 Å². The number of sulfonamides is 1. The first-order valence-corrected chi connectivity index (χ1v) is 11.9. The van der Waals surface area contributed by atoms with E-state index in [9.17, 15) is 13.2 Å². The highest BCUT2D eigenvalue weighted by atomic mass is 32.2. The second-order valence-corrected chi connectivity index (χ2v) is 9.18. The molecule has 0 atom stereocenters. The minimum atomic E-state index is -3.91. The van der Waals surface area contributed by atoms with Crippen LogP contribution < -0.4 is 16.2 Å². The number of nitrogen functional groups attached to an aromatic ring is 1. The lowest BCUT2D eigenvalue weighted by atomic mass is 10.0. The summed E-state index contributed by atoms with van der Waals surface area (Å²) in [6, 6.07) is 27.7. The molecule has 0 aliphatic heterocycles. The van der Waals surface area contributed by atoms with Crippen molar-refractivity contribution in [3.05, 3.63) is 108 Å². The molecule has 1 amide bonds. The van der Waals surface area contributed by atoms with E-state index < -0.39 is 10.0 Å². The number of amidine groups is 1. The lowest BCUT2D eigenvalue weighted by molar-refractivity contribution is 0.102. The van der Waals surface area contributed by atoms with Gasteiger partial charge in [-0.2, -0.15) is 0 Å². The van der Waals surface area contributed by atoms with Crippen molar-refractivity contribution in [1.82, 2.24) is 0 Å². The van der Waals surface area contributed by atoms with Crippen LogP contribution in [0.2, 0.25) is 0 Å². The maximum absolute atomic E-state index is 13.0. The lowest BCUT2D eigenvalue weighted by Gasteiger charge is -2.11. The zero-order valence-electron chi connectivity index (χ0n) is 18.0. The number of rotatable bonds is 6. The highest BCUT2D eigenvalue weighted by molar-refractivity contribution is 7.89. The van der Waals surface area contributed by atoms with Gasteiger partial charge in [-0.1, -0.05) is 60.7 Å². The molecule has 4 rings (SSSR count). The minimum Gasteiger partial charge on any atom is -0.384 e. The monoisotopic (exact) mass is 470 g/mol. The van der Waals surface area contributed by atoms with E-state index in [0.29, 0.717) is 27.9 Å². The fraction of sp³-hybridized carbons (Fsp3) is 0. The number of anilines is 1. The third-order valence-electron chi connectivity index (χ3n) is 5.26. The van der Waals surface area contributed by atoms with E-state index in [1.165, 1.54) is 6.07 Å². The second-order valence-electron chi connectivity index (χ2n) is 7.65. The van der Waals surface area contributed by atoms with Gasteiger partial charge in [0.2, 0.25) is 10.0 Å². The Hall–Kier alpha value is -4.27. The second kappa shape index (κ2) is 9.30. The van der Waals surface area contributed by atoms with Crippen LogP contribution in [0.3, 0.4) is 0 Å². The van der Waals surface area contributed by atoms with Crippen LogP contribution in [0.4, 0.5) is 5.69 Å². The molecule has 0 spiro atoms. The van der Waals surface area contributed by atoms with Gasteiger partial charge in [0.1, 0.15) is 5.84 Å². The zero-order chi connectivity index (χ0) is 24.3. The lowest BCUT2D eigenvalue weighted by Crippen LogP contribution is -2.13. The van der Waals surface area contributed by atoms with Crippen LogP contribution in [0.5, 0.6) is 0 Å². The number of carbonyl (C=O) groups excluding carboxylic acids is 1. The third-order valence-corrected chi connectivity index (χ3v) is 6.23. The Bertz CT molecular complexity index is 1510. The molecule has 7 nitrogen and oxygen atoms in total. The van der Waals surface area contributed by atoms with Crippen molar-refractivity contribution >= 4 is 27.5 Å². The Morgan fingerprint density at radius 3 is 2.00 bits per heavy atom. The molecule has 0 saturated carbocycles. The zero-order valence-corrected chi connectivity index (χ0v) is 18.8. The number of hydrogen-bond acceptors (Lipinski definition) is 4. The highest BCUT2D eigenvalue weighted by Gasteiger charge is 2.15. The standard InChI is InChI=1S/C26H22N4O3S/c27-25(28)20-9-3-6-17(14-20)18-7-4-10-21(15-18)26(31)30-22-11-5-8-19(16-22)23-12-1-2-13-24(23)34(29,32)33/h1-16H,(H3,27,28)(H,30,31)(H2,29,32,33). The van der Waals surface area contributed by atoms with Crippen molar-refractivity contribution in [3.63, 3.8) is 0 Å². The SMILES string of the molecule is N=C(N)c1cccc(-c2cccc(C(=O)Nc3cccc(-c4ccccc4S(N)(=O)=O)c3)c2)c1. The van der Waals surface area contributed by atoms with Gasteiger partial charge in [0.05, 0.1) is 4.90 Å². The molecule has 0 saturated heterocycles. The fourth-order valence-electron chi connectivity index (χ4n) is 3.63. The molecular weight excluding hydrogens is 448 g/mol. The number of nitrogens with one attached hydrogen (secondary N) is 2. The number of nitrogens with two attached hydrogens (primary N) is 2. The first-order valence-electron chi connectivity index (χ1n) is 10.3. The Morgan fingerprint density at radius 1 is 0.735 bits per heavy atom. The van der Waals surface area contributed by atoms with Crippen LogP contribution >= 0.6 is 0 Å². The van der Waals surface area contributed by atoms with Crippen molar-refractivity contribution in [2.75, 3.05) is 5.32 Å². The normalized spacial score (nSPS) is 11.1. The van der Waals surface area contributed by atoms with Gasteiger partial charge < -0.3 is 11.1 Å². The Balaban J connectivity index is 1.61. The van der Waals surface area contributed by atoms with E-state index in [0.717, 1.165) is 11.1 Å². The van der Waals surface area contributed by atoms with Crippen molar-refractivity contribution in [2.45, 2.75) is 4.90 Å². The highest BCUT2D eigenvalue weighted by Crippen LogP contribution is 2.29. The van der Waals surface area contributed by atoms with Crippen LogP contribution in [0, 0.1) is 5.41 Å². The van der Waals surface area contributed by atoms with Crippen LogP contribution in [-0.4, -0.2) is 20.2 Å². The Morgan fingerprint density at radius 2 is 1.32 bits per heavy atom. The minimum absolute atomic E-state index is 0.0129. The van der Waals surface area contributed by atoms with Gasteiger partial charge in [-0.05, 0) is 53.1 Å². The third kappa shape index (κ3) is 5.03. The topological polar surface area (TPSA) is 139 Å². The average Bonchev–Trinajstić information content (AvgIpc) is 2.84. The van der Waals surface area contributed by atoms with Gasteiger partial charge in [-0.3, -0.25) is 10.2 Å². The summed E-state index contributed by atoms with van der Waals surface area (Å²) in [5.41, 5.74) is 9.86. The fourth-order valence-corrected chi connectivity index (χ4v) is 4.39. The van der Waals surface area contributed by atoms with Gasteiger partial charge in [0.25, 0.3) is 5.91 Å². The molecule has 4 aromatic carbocycles. The van der Waals surface area contributed by atoms with Gasteiger partial charge in [-0.15, -0.1) is 0 Å². The van der Waals surface area contributed by atoms with Crippen LogP contribution in [0.15, 0.2) is 102 Å². The smallest absolute Gasteiger partial charge is 0.255 e. The number of carbonyl (C=O) groups is 1. The van der Waals surface area contributed by atoms with E-state index in [4.69, 9.17) is 16.3 Å². The molecule has 0 unspecified atom stereocenters. The average molecular weight is 471 g/mol. The number of primary sulfonamides is 1.